The van der Waals surface area contributed by atoms with Gasteiger partial charge in [0.15, 0.2) is 0 Å². The molecule has 0 unspecified atom stereocenters. The zero-order chi connectivity index (χ0) is 11.5. The van der Waals surface area contributed by atoms with Crippen LogP contribution in [0.2, 0.25) is 0 Å². The molecule has 16 heavy (non-hydrogen) atoms. The second kappa shape index (κ2) is 5.01. The largest absolute Gasteiger partial charge is 0.299 e. The minimum Gasteiger partial charge on any atom is -0.299 e. The van der Waals surface area contributed by atoms with Crippen molar-refractivity contribution in [2.24, 2.45) is 0 Å². The second-order valence-electron chi connectivity index (χ2n) is 5.33. The zero-order valence-electron chi connectivity index (χ0n) is 10.8. The molecule has 0 bridgehead atoms. The molecule has 1 aromatic carbocycles. The van der Waals surface area contributed by atoms with Crippen molar-refractivity contribution in [2.75, 3.05) is 13.1 Å². The van der Waals surface area contributed by atoms with E-state index in [1.165, 1.54) is 42.6 Å². The SMILES string of the molecule is Cc1cc(CN2CCCC2)ccc1C(C)C. The van der Waals surface area contributed by atoms with E-state index >= 15 is 0 Å². The Balaban J connectivity index is 2.08. The molecule has 88 valence electrons. The Bertz CT molecular complexity index is 348. The summed E-state index contributed by atoms with van der Waals surface area (Å²) in [6, 6.07) is 6.99. The smallest absolute Gasteiger partial charge is 0.0233 e. The third kappa shape index (κ3) is 2.65. The van der Waals surface area contributed by atoms with Crippen LogP contribution in [-0.2, 0) is 6.54 Å². The molecular weight excluding hydrogens is 194 g/mol. The highest BCUT2D eigenvalue weighted by molar-refractivity contribution is 5.33. The van der Waals surface area contributed by atoms with Crippen LogP contribution in [0.3, 0.4) is 0 Å². The number of nitrogens with zero attached hydrogens (tertiary/aromatic N) is 1. The van der Waals surface area contributed by atoms with Gasteiger partial charge in [0, 0.05) is 6.54 Å². The van der Waals surface area contributed by atoms with Crippen molar-refractivity contribution < 1.29 is 0 Å². The fourth-order valence-electron chi connectivity index (χ4n) is 2.68. The summed E-state index contributed by atoms with van der Waals surface area (Å²) in [5.74, 6) is 0.640. The predicted octanol–water partition coefficient (Wildman–Crippen LogP) is 3.71. The van der Waals surface area contributed by atoms with Crippen molar-refractivity contribution in [2.45, 2.75) is 46.1 Å². The second-order valence-corrected chi connectivity index (χ2v) is 5.33. The van der Waals surface area contributed by atoms with E-state index in [0.717, 1.165) is 6.54 Å². The van der Waals surface area contributed by atoms with Gasteiger partial charge < -0.3 is 0 Å². The Morgan fingerprint density at radius 1 is 1.19 bits per heavy atom. The molecular formula is C15H23N. The summed E-state index contributed by atoms with van der Waals surface area (Å²) in [6.45, 7) is 10.5. The number of rotatable bonds is 3. The molecule has 1 aliphatic heterocycles. The Kier molecular flexibility index (Phi) is 3.65. The first-order valence-electron chi connectivity index (χ1n) is 6.48. The van der Waals surface area contributed by atoms with Gasteiger partial charge in [-0.25, -0.2) is 0 Å². The summed E-state index contributed by atoms with van der Waals surface area (Å²) in [7, 11) is 0. The minimum absolute atomic E-state index is 0.640. The molecule has 2 rings (SSSR count). The van der Waals surface area contributed by atoms with E-state index in [4.69, 9.17) is 0 Å². The first-order chi connectivity index (χ1) is 7.66. The minimum atomic E-state index is 0.640. The monoisotopic (exact) mass is 217 g/mol. The third-order valence-corrected chi connectivity index (χ3v) is 3.56. The van der Waals surface area contributed by atoms with Gasteiger partial charge in [-0.15, -0.1) is 0 Å². The van der Waals surface area contributed by atoms with Gasteiger partial charge in [0.25, 0.3) is 0 Å². The molecule has 1 heteroatoms. The molecule has 0 amide bonds. The van der Waals surface area contributed by atoms with E-state index in [-0.39, 0.29) is 0 Å². The molecule has 1 aromatic rings. The van der Waals surface area contributed by atoms with Crippen molar-refractivity contribution in [3.05, 3.63) is 34.9 Å². The lowest BCUT2D eigenvalue weighted by molar-refractivity contribution is 0.331. The first-order valence-corrected chi connectivity index (χ1v) is 6.48. The van der Waals surface area contributed by atoms with Gasteiger partial charge in [-0.05, 0) is 55.5 Å². The summed E-state index contributed by atoms with van der Waals surface area (Å²) in [5.41, 5.74) is 4.42. The predicted molar refractivity (Wildman–Crippen MR) is 69.8 cm³/mol. The molecule has 1 fully saturated rings. The summed E-state index contributed by atoms with van der Waals surface area (Å²) in [6.07, 6.45) is 2.76. The fourth-order valence-corrected chi connectivity index (χ4v) is 2.68. The van der Waals surface area contributed by atoms with Gasteiger partial charge in [-0.2, -0.15) is 0 Å². The van der Waals surface area contributed by atoms with E-state index < -0.39 is 0 Å². The fraction of sp³-hybridized carbons (Fsp3) is 0.600. The summed E-state index contributed by atoms with van der Waals surface area (Å²) in [5, 5.41) is 0. The van der Waals surface area contributed by atoms with Gasteiger partial charge in [0.05, 0.1) is 0 Å². The lowest BCUT2D eigenvalue weighted by Crippen LogP contribution is -2.18. The molecule has 0 radical (unpaired) electrons. The standard InChI is InChI=1S/C15H23N/c1-12(2)15-7-6-14(10-13(15)3)11-16-8-4-5-9-16/h6-7,10,12H,4-5,8-9,11H2,1-3H3. The van der Waals surface area contributed by atoms with Crippen LogP contribution in [0.5, 0.6) is 0 Å². The Morgan fingerprint density at radius 3 is 2.44 bits per heavy atom. The molecule has 0 N–H and O–H groups in total. The summed E-state index contributed by atoms with van der Waals surface area (Å²) >= 11 is 0. The summed E-state index contributed by atoms with van der Waals surface area (Å²) in [4.78, 5) is 2.56. The van der Waals surface area contributed by atoms with Gasteiger partial charge >= 0.3 is 0 Å². The quantitative estimate of drug-likeness (QED) is 0.746. The molecule has 0 aromatic heterocycles. The maximum atomic E-state index is 2.56. The maximum Gasteiger partial charge on any atom is 0.0233 e. The van der Waals surface area contributed by atoms with E-state index in [9.17, 15) is 0 Å². The van der Waals surface area contributed by atoms with Gasteiger partial charge in [-0.3, -0.25) is 4.90 Å². The maximum absolute atomic E-state index is 2.56. The Hall–Kier alpha value is -0.820. The normalized spacial score (nSPS) is 17.2. The van der Waals surface area contributed by atoms with Gasteiger partial charge in [0.1, 0.15) is 0 Å². The highest BCUT2D eigenvalue weighted by Gasteiger charge is 2.12. The van der Waals surface area contributed by atoms with Gasteiger partial charge in [-0.1, -0.05) is 32.0 Å². The van der Waals surface area contributed by atoms with Crippen LogP contribution in [0.15, 0.2) is 18.2 Å². The van der Waals surface area contributed by atoms with E-state index in [1.807, 2.05) is 0 Å². The Morgan fingerprint density at radius 2 is 1.88 bits per heavy atom. The molecule has 0 saturated carbocycles. The first kappa shape index (κ1) is 11.7. The van der Waals surface area contributed by atoms with Crippen molar-refractivity contribution in [1.82, 2.24) is 4.90 Å². The van der Waals surface area contributed by atoms with E-state index in [0.29, 0.717) is 5.92 Å². The van der Waals surface area contributed by atoms with Gasteiger partial charge in [0.2, 0.25) is 0 Å². The molecule has 1 nitrogen and oxygen atoms in total. The molecule has 1 saturated heterocycles. The van der Waals surface area contributed by atoms with Crippen molar-refractivity contribution in [3.8, 4) is 0 Å². The number of aryl methyl sites for hydroxylation is 1. The van der Waals surface area contributed by atoms with Crippen LogP contribution in [-0.4, -0.2) is 18.0 Å². The van der Waals surface area contributed by atoms with Crippen LogP contribution in [0.25, 0.3) is 0 Å². The molecule has 0 atom stereocenters. The van der Waals surface area contributed by atoms with E-state index in [2.05, 4.69) is 43.9 Å². The zero-order valence-corrected chi connectivity index (χ0v) is 10.8. The van der Waals surface area contributed by atoms with Crippen LogP contribution < -0.4 is 0 Å². The topological polar surface area (TPSA) is 3.24 Å². The van der Waals surface area contributed by atoms with Crippen LogP contribution in [0.4, 0.5) is 0 Å². The van der Waals surface area contributed by atoms with Crippen LogP contribution in [0.1, 0.15) is 49.3 Å². The van der Waals surface area contributed by atoms with Crippen molar-refractivity contribution in [3.63, 3.8) is 0 Å². The Labute approximate surface area is 99.5 Å². The third-order valence-electron chi connectivity index (χ3n) is 3.56. The highest BCUT2D eigenvalue weighted by Crippen LogP contribution is 2.21. The number of likely N-dealkylation sites (tertiary alicyclic amines) is 1. The summed E-state index contributed by atoms with van der Waals surface area (Å²) < 4.78 is 0. The number of hydrogen-bond donors (Lipinski definition) is 0. The van der Waals surface area contributed by atoms with Crippen molar-refractivity contribution in [1.29, 1.82) is 0 Å². The van der Waals surface area contributed by atoms with Crippen LogP contribution in [0, 0.1) is 6.92 Å². The number of hydrogen-bond acceptors (Lipinski definition) is 1. The average Bonchev–Trinajstić information content (AvgIpc) is 2.70. The van der Waals surface area contributed by atoms with E-state index in [1.54, 1.807) is 0 Å². The highest BCUT2D eigenvalue weighted by atomic mass is 15.1. The number of benzene rings is 1. The van der Waals surface area contributed by atoms with Crippen molar-refractivity contribution >= 4 is 0 Å². The molecule has 1 aliphatic rings. The van der Waals surface area contributed by atoms with Crippen LogP contribution >= 0.6 is 0 Å². The average molecular weight is 217 g/mol. The lowest BCUT2D eigenvalue weighted by Gasteiger charge is -2.16. The molecule has 1 heterocycles. The molecule has 0 spiro atoms. The lowest BCUT2D eigenvalue weighted by atomic mass is 9.96. The molecule has 0 aliphatic carbocycles.